The van der Waals surface area contributed by atoms with Gasteiger partial charge in [0.2, 0.25) is 0 Å². The van der Waals surface area contributed by atoms with Gasteiger partial charge in [0.25, 0.3) is 0 Å². The first-order chi connectivity index (χ1) is 7.62. The summed E-state index contributed by atoms with van der Waals surface area (Å²) in [5, 5.41) is 0. The number of rotatable bonds is 4. The normalized spacial score (nSPS) is 22.4. The first kappa shape index (κ1) is 12.3. The van der Waals surface area contributed by atoms with Crippen LogP contribution in [0.25, 0.3) is 0 Å². The van der Waals surface area contributed by atoms with Crippen LogP contribution in [-0.2, 0) is 20.0 Å². The molecule has 16 heavy (non-hydrogen) atoms. The van der Waals surface area contributed by atoms with E-state index in [0.717, 1.165) is 3.67 Å². The molecule has 0 nitrogen and oxygen atoms in total. The third kappa shape index (κ3) is 1.88. The molecule has 0 amide bonds. The molecule has 0 radical (unpaired) electrons. The molecule has 2 aliphatic rings. The average Bonchev–Trinajstić information content (AvgIpc) is 2.89. The Balaban J connectivity index is 2.32. The van der Waals surface area contributed by atoms with Crippen molar-refractivity contribution in [1.82, 2.24) is 0 Å². The van der Waals surface area contributed by atoms with Gasteiger partial charge in [-0.2, -0.15) is 0 Å². The van der Waals surface area contributed by atoms with Crippen LogP contribution in [0.4, 0.5) is 0 Å². The Morgan fingerprint density at radius 1 is 1.00 bits per heavy atom. The summed E-state index contributed by atoms with van der Waals surface area (Å²) in [6.45, 7) is 2.31. The molecule has 0 unspecified atom stereocenters. The van der Waals surface area contributed by atoms with E-state index in [9.17, 15) is 0 Å². The second-order valence-corrected chi connectivity index (χ2v) is 23.6. The third-order valence-electron chi connectivity index (χ3n) is 4.34. The van der Waals surface area contributed by atoms with Gasteiger partial charge in [0.15, 0.2) is 0 Å². The molecule has 0 spiro atoms. The van der Waals surface area contributed by atoms with E-state index in [4.69, 9.17) is 0 Å². The second kappa shape index (κ2) is 4.60. The van der Waals surface area contributed by atoms with E-state index >= 15 is 0 Å². The van der Waals surface area contributed by atoms with Crippen molar-refractivity contribution in [3.8, 4) is 0 Å². The Labute approximate surface area is 104 Å². The Morgan fingerprint density at radius 2 is 1.56 bits per heavy atom. The Hall–Kier alpha value is -0.170. The fourth-order valence-corrected chi connectivity index (χ4v) is 16.5. The maximum absolute atomic E-state index is 2.62. The third-order valence-corrected chi connectivity index (χ3v) is 22.4. The van der Waals surface area contributed by atoms with Crippen LogP contribution in [0.5, 0.6) is 0 Å². The Morgan fingerprint density at radius 3 is 2.06 bits per heavy atom. The van der Waals surface area contributed by atoms with E-state index in [1.54, 1.807) is 0 Å². The van der Waals surface area contributed by atoms with Gasteiger partial charge >= 0.3 is 105 Å². The molecule has 0 aromatic rings. The van der Waals surface area contributed by atoms with Crippen LogP contribution in [0.3, 0.4) is 0 Å². The van der Waals surface area contributed by atoms with Gasteiger partial charge in [-0.15, -0.1) is 0 Å². The van der Waals surface area contributed by atoms with Gasteiger partial charge in [0.1, 0.15) is 0 Å². The molecular weight excluding hydrogens is 359 g/mol. The van der Waals surface area contributed by atoms with Crippen molar-refractivity contribution in [3.05, 3.63) is 48.6 Å². The second-order valence-electron chi connectivity index (χ2n) is 5.53. The van der Waals surface area contributed by atoms with Gasteiger partial charge in [-0.1, -0.05) is 0 Å². The van der Waals surface area contributed by atoms with E-state index in [1.165, 1.54) is 12.8 Å². The summed E-state index contributed by atoms with van der Waals surface area (Å²) >= 11 is -2.33. The SMILES string of the molecule is CCC[C]1([Hf]([CH3])([CH3])[CH]2C=CC=C2)C=CC=C1. The van der Waals surface area contributed by atoms with Gasteiger partial charge in [0, 0.05) is 0 Å². The van der Waals surface area contributed by atoms with Crippen LogP contribution in [0.15, 0.2) is 48.6 Å². The molecule has 0 heterocycles. The molecule has 0 saturated carbocycles. The molecule has 0 bridgehead atoms. The maximum atomic E-state index is 2.62. The van der Waals surface area contributed by atoms with Crippen molar-refractivity contribution in [2.75, 3.05) is 0 Å². The van der Waals surface area contributed by atoms with Gasteiger partial charge in [-0.25, -0.2) is 0 Å². The van der Waals surface area contributed by atoms with E-state index < -0.39 is 20.0 Å². The van der Waals surface area contributed by atoms with Crippen LogP contribution < -0.4 is 0 Å². The van der Waals surface area contributed by atoms with Crippen LogP contribution in [0.2, 0.25) is 16.2 Å². The van der Waals surface area contributed by atoms with Gasteiger partial charge in [-0.05, 0) is 0 Å². The zero-order valence-electron chi connectivity index (χ0n) is 10.6. The van der Waals surface area contributed by atoms with Gasteiger partial charge in [0.05, 0.1) is 0 Å². The molecule has 2 aliphatic carbocycles. The van der Waals surface area contributed by atoms with Crippen LogP contribution in [-0.4, -0.2) is 0 Å². The molecule has 1 heteroatoms. The van der Waals surface area contributed by atoms with Crippen molar-refractivity contribution in [2.45, 2.75) is 36.0 Å². The first-order valence-corrected chi connectivity index (χ1v) is 17.4. The van der Waals surface area contributed by atoms with Crippen molar-refractivity contribution in [3.63, 3.8) is 0 Å². The van der Waals surface area contributed by atoms with Gasteiger partial charge < -0.3 is 0 Å². The predicted octanol–water partition coefficient (Wildman–Crippen LogP) is 5.24. The molecule has 0 aliphatic heterocycles. The Kier molecular flexibility index (Phi) is 3.53. The van der Waals surface area contributed by atoms with Crippen molar-refractivity contribution in [1.29, 1.82) is 0 Å². The molecule has 86 valence electrons. The van der Waals surface area contributed by atoms with Crippen LogP contribution in [0, 0.1) is 0 Å². The number of hydrogen-bond acceptors (Lipinski definition) is 0. The zero-order chi connectivity index (χ0) is 11.6. The fourth-order valence-electron chi connectivity index (χ4n) is 3.07. The topological polar surface area (TPSA) is 0 Å². The number of hydrogen-bond donors (Lipinski definition) is 0. The first-order valence-electron chi connectivity index (χ1n) is 6.34. The molecule has 0 N–H and O–H groups in total. The van der Waals surface area contributed by atoms with Crippen molar-refractivity contribution < 1.29 is 20.0 Å². The molecule has 2 rings (SSSR count). The average molecular weight is 381 g/mol. The summed E-state index contributed by atoms with van der Waals surface area (Å²) in [5.74, 6) is 0. The minimum absolute atomic E-state index is 0.464. The van der Waals surface area contributed by atoms with Crippen molar-refractivity contribution in [2.24, 2.45) is 0 Å². The number of allylic oxidation sites excluding steroid dienone is 8. The van der Waals surface area contributed by atoms with E-state index in [2.05, 4.69) is 64.9 Å². The summed E-state index contributed by atoms with van der Waals surface area (Å²) in [4.78, 5) is 0. The van der Waals surface area contributed by atoms with Crippen LogP contribution in [0.1, 0.15) is 19.8 Å². The predicted molar refractivity (Wildman–Crippen MR) is 69.6 cm³/mol. The zero-order valence-corrected chi connectivity index (χ0v) is 14.2. The molecule has 0 aromatic heterocycles. The summed E-state index contributed by atoms with van der Waals surface area (Å²) in [6.07, 6.45) is 21.5. The van der Waals surface area contributed by atoms with E-state index in [-0.39, 0.29) is 0 Å². The standard InChI is InChI=1S/C8H11.C5H5.2CH3.Hf/c1-2-5-8-6-3-4-7-8;1-2-4-5-3-1;;;/h3-4,6-7H,2,5H2,1H3;1-5H;2*1H3;. The van der Waals surface area contributed by atoms with Gasteiger partial charge in [-0.3, -0.25) is 0 Å². The molecule has 0 aromatic carbocycles. The molecule has 0 saturated heterocycles. The fraction of sp³-hybridized carbons (Fsp3) is 0.467. The molecule has 0 atom stereocenters. The summed E-state index contributed by atoms with van der Waals surface area (Å²) in [7, 11) is 0. The summed E-state index contributed by atoms with van der Waals surface area (Å²) in [6, 6.07) is 0. The van der Waals surface area contributed by atoms with Crippen LogP contribution >= 0.6 is 0 Å². The molecular formula is C15H22Hf. The minimum atomic E-state index is -2.33. The quantitative estimate of drug-likeness (QED) is 0.585. The Bertz CT molecular complexity index is 345. The van der Waals surface area contributed by atoms with E-state index in [0.29, 0.717) is 3.17 Å². The summed E-state index contributed by atoms with van der Waals surface area (Å²) < 4.78 is 6.48. The molecule has 0 fully saturated rings. The van der Waals surface area contributed by atoms with Crippen molar-refractivity contribution >= 4 is 0 Å². The van der Waals surface area contributed by atoms with E-state index in [1.807, 2.05) is 0 Å². The summed E-state index contributed by atoms with van der Waals surface area (Å²) in [5.41, 5.74) is 0. The monoisotopic (exact) mass is 382 g/mol.